The van der Waals surface area contributed by atoms with Crippen LogP contribution >= 0.6 is 11.6 Å². The summed E-state index contributed by atoms with van der Waals surface area (Å²) in [5.41, 5.74) is 0.828. The Bertz CT molecular complexity index is 421. The van der Waals surface area contributed by atoms with Gasteiger partial charge in [0.25, 0.3) is 0 Å². The molecule has 1 aliphatic heterocycles. The first kappa shape index (κ1) is 12.2. The maximum Gasteiger partial charge on any atom is 0.346 e. The van der Waals surface area contributed by atoms with Gasteiger partial charge in [0.05, 0.1) is 0 Å². The molecule has 1 saturated heterocycles. The molecule has 17 heavy (non-hydrogen) atoms. The van der Waals surface area contributed by atoms with E-state index in [0.717, 1.165) is 5.56 Å². The van der Waals surface area contributed by atoms with Gasteiger partial charge in [-0.1, -0.05) is 29.8 Å². The monoisotopic (exact) mass is 254 g/mol. The fraction of sp³-hybridized carbons (Fsp3) is 0.417. The number of benzene rings is 1. The van der Waals surface area contributed by atoms with E-state index >= 15 is 0 Å². The third-order valence-electron chi connectivity index (χ3n) is 2.77. The smallest absolute Gasteiger partial charge is 0.323 e. The molecule has 1 unspecified atom stereocenters. The van der Waals surface area contributed by atoms with Crippen molar-refractivity contribution in [1.29, 1.82) is 0 Å². The molecular formula is C12H15ClN2O2. The van der Waals surface area contributed by atoms with E-state index in [2.05, 4.69) is 0 Å². The van der Waals surface area contributed by atoms with Gasteiger partial charge in [0.2, 0.25) is 6.23 Å². The Morgan fingerprint density at radius 1 is 1.41 bits per heavy atom. The number of hydrogen-bond acceptors (Lipinski definition) is 2. The lowest BCUT2D eigenvalue weighted by Crippen LogP contribution is -2.34. The average molecular weight is 255 g/mol. The summed E-state index contributed by atoms with van der Waals surface area (Å²) in [6.45, 7) is 5.22. The van der Waals surface area contributed by atoms with Crippen LogP contribution in [0.1, 0.15) is 25.6 Å². The van der Waals surface area contributed by atoms with E-state index in [-0.39, 0.29) is 12.3 Å². The standard InChI is InChI=1S/C12H15ClN2O2/c1-3-14(4-2)12(16)15-11(17-15)9-7-5-6-8-10(9)13/h5-8,11H,3-4H2,1-2H3. The Balaban J connectivity index is 2.06. The summed E-state index contributed by atoms with van der Waals surface area (Å²) in [5, 5.41) is 1.97. The van der Waals surface area contributed by atoms with Crippen molar-refractivity contribution in [2.75, 3.05) is 13.1 Å². The molecule has 0 spiro atoms. The normalized spacial score (nSPS) is 18.1. The van der Waals surface area contributed by atoms with Crippen molar-refractivity contribution in [1.82, 2.24) is 9.96 Å². The van der Waals surface area contributed by atoms with Gasteiger partial charge in [0, 0.05) is 23.7 Å². The van der Waals surface area contributed by atoms with Crippen LogP contribution < -0.4 is 0 Å². The SMILES string of the molecule is CCN(CC)C(=O)N1OC1c1ccccc1Cl. The van der Waals surface area contributed by atoms with Crippen LogP contribution in [-0.2, 0) is 4.84 Å². The summed E-state index contributed by atoms with van der Waals surface area (Å²) < 4.78 is 0. The molecule has 1 heterocycles. The molecule has 0 bridgehead atoms. The third-order valence-corrected chi connectivity index (χ3v) is 3.12. The molecule has 92 valence electrons. The van der Waals surface area contributed by atoms with Crippen molar-refractivity contribution >= 4 is 17.6 Å². The second-order valence-electron chi connectivity index (χ2n) is 3.76. The summed E-state index contributed by atoms with van der Waals surface area (Å²) in [6.07, 6.45) is -0.336. The van der Waals surface area contributed by atoms with Gasteiger partial charge in [0.1, 0.15) is 0 Å². The molecule has 0 radical (unpaired) electrons. The van der Waals surface area contributed by atoms with Crippen LogP contribution in [0.25, 0.3) is 0 Å². The quantitative estimate of drug-likeness (QED) is 0.778. The van der Waals surface area contributed by atoms with E-state index in [1.165, 1.54) is 5.06 Å². The fourth-order valence-corrected chi connectivity index (χ4v) is 1.95. The topological polar surface area (TPSA) is 35.9 Å². The lowest BCUT2D eigenvalue weighted by atomic mass is 10.2. The molecule has 4 nitrogen and oxygen atoms in total. The fourth-order valence-electron chi connectivity index (χ4n) is 1.72. The van der Waals surface area contributed by atoms with Crippen LogP contribution in [0.4, 0.5) is 4.79 Å². The molecule has 0 aliphatic carbocycles. The number of halogens is 1. The molecule has 2 rings (SSSR count). The average Bonchev–Trinajstić information content (AvgIpc) is 3.11. The van der Waals surface area contributed by atoms with Crippen LogP contribution in [0.15, 0.2) is 24.3 Å². The van der Waals surface area contributed by atoms with Gasteiger partial charge in [-0.3, -0.25) is 0 Å². The van der Waals surface area contributed by atoms with Gasteiger partial charge in [-0.15, -0.1) is 0 Å². The highest BCUT2D eigenvalue weighted by molar-refractivity contribution is 6.31. The van der Waals surface area contributed by atoms with Crippen LogP contribution in [0.5, 0.6) is 0 Å². The van der Waals surface area contributed by atoms with Crippen molar-refractivity contribution in [2.24, 2.45) is 0 Å². The number of rotatable bonds is 3. The largest absolute Gasteiger partial charge is 0.346 e. The van der Waals surface area contributed by atoms with Gasteiger partial charge in [-0.2, -0.15) is 5.06 Å². The molecule has 1 fully saturated rings. The molecule has 1 aromatic carbocycles. The number of urea groups is 1. The van der Waals surface area contributed by atoms with Gasteiger partial charge in [-0.25, -0.2) is 9.63 Å². The first-order chi connectivity index (χ1) is 8.19. The van der Waals surface area contributed by atoms with E-state index in [0.29, 0.717) is 18.1 Å². The summed E-state index contributed by atoms with van der Waals surface area (Å²) in [5.74, 6) is 0. The zero-order valence-electron chi connectivity index (χ0n) is 9.89. The minimum atomic E-state index is -0.336. The highest BCUT2D eigenvalue weighted by atomic mass is 35.5. The lowest BCUT2D eigenvalue weighted by Gasteiger charge is -2.17. The first-order valence-corrected chi connectivity index (χ1v) is 6.06. The second-order valence-corrected chi connectivity index (χ2v) is 4.17. The highest BCUT2D eigenvalue weighted by Crippen LogP contribution is 2.40. The molecule has 2 amide bonds. The predicted molar refractivity (Wildman–Crippen MR) is 65.4 cm³/mol. The van der Waals surface area contributed by atoms with Crippen LogP contribution in [0, 0.1) is 0 Å². The molecule has 5 heteroatoms. The molecule has 1 atom stereocenters. The van der Waals surface area contributed by atoms with E-state index < -0.39 is 0 Å². The molecular weight excluding hydrogens is 240 g/mol. The molecule has 1 aliphatic rings. The maximum atomic E-state index is 11.9. The van der Waals surface area contributed by atoms with Gasteiger partial charge < -0.3 is 4.90 Å². The second kappa shape index (κ2) is 4.94. The van der Waals surface area contributed by atoms with Crippen molar-refractivity contribution in [2.45, 2.75) is 20.1 Å². The van der Waals surface area contributed by atoms with E-state index in [1.54, 1.807) is 11.0 Å². The molecule has 1 aromatic rings. The Morgan fingerprint density at radius 2 is 2.06 bits per heavy atom. The van der Waals surface area contributed by atoms with Gasteiger partial charge >= 0.3 is 6.03 Å². The summed E-state index contributed by atoms with van der Waals surface area (Å²) in [4.78, 5) is 18.9. The van der Waals surface area contributed by atoms with E-state index in [1.807, 2.05) is 32.0 Å². The number of carbonyl (C=O) groups excluding carboxylic acids is 1. The highest BCUT2D eigenvalue weighted by Gasteiger charge is 2.45. The van der Waals surface area contributed by atoms with Crippen molar-refractivity contribution < 1.29 is 9.63 Å². The number of amides is 2. The van der Waals surface area contributed by atoms with Crippen molar-refractivity contribution in [3.8, 4) is 0 Å². The Labute approximate surface area is 106 Å². The molecule has 0 aromatic heterocycles. The predicted octanol–water partition coefficient (Wildman–Crippen LogP) is 3.05. The number of hydrogen-bond donors (Lipinski definition) is 0. The van der Waals surface area contributed by atoms with Crippen LogP contribution in [0.3, 0.4) is 0 Å². The number of carbonyl (C=O) groups is 1. The lowest BCUT2D eigenvalue weighted by molar-refractivity contribution is 0.142. The summed E-state index contributed by atoms with van der Waals surface area (Å²) in [7, 11) is 0. The van der Waals surface area contributed by atoms with Gasteiger partial charge in [0.15, 0.2) is 0 Å². The maximum absolute atomic E-state index is 11.9. The van der Waals surface area contributed by atoms with Crippen molar-refractivity contribution in [3.63, 3.8) is 0 Å². The minimum Gasteiger partial charge on any atom is -0.323 e. The Kier molecular flexibility index (Phi) is 3.54. The summed E-state index contributed by atoms with van der Waals surface area (Å²) >= 11 is 6.04. The zero-order valence-corrected chi connectivity index (χ0v) is 10.6. The number of hydroxylamine groups is 2. The minimum absolute atomic E-state index is 0.111. The van der Waals surface area contributed by atoms with Crippen LogP contribution in [-0.4, -0.2) is 29.1 Å². The van der Waals surface area contributed by atoms with Crippen molar-refractivity contribution in [3.05, 3.63) is 34.9 Å². The first-order valence-electron chi connectivity index (χ1n) is 5.68. The Morgan fingerprint density at radius 3 is 2.65 bits per heavy atom. The van der Waals surface area contributed by atoms with Gasteiger partial charge in [-0.05, 0) is 19.9 Å². The third kappa shape index (κ3) is 2.37. The van der Waals surface area contributed by atoms with Crippen LogP contribution in [0.2, 0.25) is 5.02 Å². The molecule has 0 saturated carbocycles. The molecule has 0 N–H and O–H groups in total. The van der Waals surface area contributed by atoms with E-state index in [9.17, 15) is 4.79 Å². The zero-order chi connectivity index (χ0) is 12.4. The Hall–Kier alpha value is -1.26. The summed E-state index contributed by atoms with van der Waals surface area (Å²) in [6, 6.07) is 7.27. The van der Waals surface area contributed by atoms with E-state index in [4.69, 9.17) is 16.4 Å². The number of nitrogens with zero attached hydrogens (tertiary/aromatic N) is 2.